The van der Waals surface area contributed by atoms with Crippen molar-refractivity contribution in [2.75, 3.05) is 20.8 Å². The smallest absolute Gasteiger partial charge is 0.162 e. The van der Waals surface area contributed by atoms with Gasteiger partial charge in [-0.2, -0.15) is 5.10 Å². The maximum Gasteiger partial charge on any atom is 0.162 e. The number of ether oxygens (including phenoxy) is 3. The molecule has 0 spiro atoms. The van der Waals surface area contributed by atoms with Crippen LogP contribution in [0, 0.1) is 5.82 Å². The van der Waals surface area contributed by atoms with Crippen LogP contribution in [0.3, 0.4) is 0 Å². The summed E-state index contributed by atoms with van der Waals surface area (Å²) >= 11 is 0. The van der Waals surface area contributed by atoms with Crippen molar-refractivity contribution in [2.45, 2.75) is 31.5 Å². The topological polar surface area (TPSA) is 64.5 Å². The molecular formula is C37H33B33FN4O3. The van der Waals surface area contributed by atoms with E-state index in [4.69, 9.17) is 146 Å². The van der Waals surface area contributed by atoms with Crippen molar-refractivity contribution in [3.63, 3.8) is 0 Å². The maximum absolute atomic E-state index is 14.1. The minimum absolute atomic E-state index is 0.0503. The Morgan fingerprint density at radius 2 is 1.23 bits per heavy atom. The maximum atomic E-state index is 14.1. The Hall–Kier alpha value is -2.94. The van der Waals surface area contributed by atoms with Crippen molar-refractivity contribution < 1.29 is 18.6 Å². The van der Waals surface area contributed by atoms with Gasteiger partial charge in [-0.3, -0.25) is 4.90 Å². The lowest BCUT2D eigenvalue weighted by atomic mass is 8.30. The third kappa shape index (κ3) is 13.9. The standard InChI is InChI=1S/C37H33FN4O3.B33/c1-43-28-12-13-32-30(19-28)31-20-33-29-21-35(45-22-23-4-10-27(11-5-23)42-16-3-15-39-42)34(44-2)18-25(29)14-17-41(33)37(36(31)40-32)24-6-8-26(38)9-7-24;1-18-27(19(2)3)31(26(16)17)33(30(24(12)13)25(14)15)32(28(20(4)5)21(6)7)29(22(8)9)23(10)11/h3-13,15-16,18-19,21,33,37,40H,14,17,20,22H2,1-2H3;. The van der Waals surface area contributed by atoms with Gasteiger partial charge in [-0.15, -0.1) is 0 Å². The van der Waals surface area contributed by atoms with Crippen molar-refractivity contribution in [3.05, 3.63) is 137 Å². The number of benzene rings is 4. The van der Waals surface area contributed by atoms with Crippen molar-refractivity contribution in [1.82, 2.24) is 19.7 Å². The van der Waals surface area contributed by atoms with Gasteiger partial charge in [0.1, 0.15) is 18.2 Å². The second-order valence-electron chi connectivity index (χ2n) is 20.6. The van der Waals surface area contributed by atoms with Gasteiger partial charge in [0, 0.05) is 276 Å². The number of hydrogen-bond donors (Lipinski definition) is 1. The third-order valence-electron chi connectivity index (χ3n) is 15.7. The van der Waals surface area contributed by atoms with Crippen LogP contribution in [0.15, 0.2) is 97.3 Å². The van der Waals surface area contributed by atoms with E-state index in [-0.39, 0.29) is 17.9 Å². The molecule has 0 saturated heterocycles. The first-order valence-electron chi connectivity index (χ1n) is 25.9. The summed E-state index contributed by atoms with van der Waals surface area (Å²) in [5, 5.41) is 5.47. The van der Waals surface area contributed by atoms with Crippen molar-refractivity contribution in [3.8, 4) is 22.9 Å². The van der Waals surface area contributed by atoms with Crippen LogP contribution in [0.1, 0.15) is 45.6 Å². The first-order chi connectivity index (χ1) is 37.1. The summed E-state index contributed by atoms with van der Waals surface area (Å²) < 4.78 is 33.8. The molecule has 6 aromatic rings. The molecule has 4 aromatic carbocycles. The monoisotopic (exact) mass is 964 g/mol. The summed E-state index contributed by atoms with van der Waals surface area (Å²) in [6, 6.07) is 27.6. The predicted molar refractivity (Wildman–Crippen MR) is 361 cm³/mol. The molecule has 2 aliphatic heterocycles. The van der Waals surface area contributed by atoms with E-state index < -0.39 is 95.8 Å². The molecule has 78 heavy (non-hydrogen) atoms. The number of rotatable bonds is 22. The Morgan fingerprint density at radius 3 is 1.73 bits per heavy atom. The molecule has 35 radical (unpaired) electrons. The number of halogens is 1. The highest BCUT2D eigenvalue weighted by atomic mass is 19.1. The van der Waals surface area contributed by atoms with Gasteiger partial charge < -0.3 is 19.2 Å². The molecule has 0 amide bonds. The zero-order valence-corrected chi connectivity index (χ0v) is 44.2. The van der Waals surface area contributed by atoms with Crippen molar-refractivity contribution in [2.24, 2.45) is 0 Å². The van der Waals surface area contributed by atoms with E-state index in [1.54, 1.807) is 32.5 Å². The fourth-order valence-electron chi connectivity index (χ4n) is 12.2. The second kappa shape index (κ2) is 27.9. The highest BCUT2D eigenvalue weighted by molar-refractivity contribution is 8.29. The summed E-state index contributed by atoms with van der Waals surface area (Å²) in [6.45, 7) is 1.28. The van der Waals surface area contributed by atoms with Gasteiger partial charge in [-0.1, -0.05) is 24.3 Å². The summed E-state index contributed by atoms with van der Waals surface area (Å²) in [5.41, 5.74) is 9.12. The molecule has 0 aliphatic carbocycles. The van der Waals surface area contributed by atoms with E-state index in [0.717, 1.165) is 70.0 Å². The minimum Gasteiger partial charge on any atom is -0.497 e. The SMILES string of the molecule is COc1ccc2[nH]c3c(c2c1)CC1c2cc(OCc4ccc(-n5cccn5)cc4)c(OC)cc2CCN1C3c1ccc(F)cc1.[B][B]B(B([B])[B])B(B([B])[B])B(B(B([B])[B])B([B])[B])B(B(B([B])[B])B([B])[B])B(B([B])[B])B([B])[B]. The molecule has 2 atom stereocenters. The van der Waals surface area contributed by atoms with Gasteiger partial charge in [-0.05, 0) is 101 Å². The first kappa shape index (κ1) is 62.7. The summed E-state index contributed by atoms with van der Waals surface area (Å²) in [5.74, 6) is 2.05. The number of aromatic nitrogens is 3. The number of fused-ring (bicyclic) bond motifs is 6. The van der Waals surface area contributed by atoms with E-state index in [0.29, 0.717) is 6.61 Å². The van der Waals surface area contributed by atoms with Crippen LogP contribution in [0.4, 0.5) is 4.39 Å². The molecule has 8 rings (SSSR count). The van der Waals surface area contributed by atoms with Crippen LogP contribution < -0.4 is 14.2 Å². The quantitative estimate of drug-likeness (QED) is 0.0691. The van der Waals surface area contributed by atoms with Gasteiger partial charge in [0.15, 0.2) is 11.5 Å². The minimum atomic E-state index is -1.10. The van der Waals surface area contributed by atoms with E-state index in [9.17, 15) is 4.39 Å². The fourth-order valence-corrected chi connectivity index (χ4v) is 12.2. The van der Waals surface area contributed by atoms with Gasteiger partial charge >= 0.3 is 0 Å². The molecule has 325 valence electrons. The largest absolute Gasteiger partial charge is 0.497 e. The second-order valence-corrected chi connectivity index (χ2v) is 20.6. The molecular weight excluding hydrogens is 924 g/mol. The summed E-state index contributed by atoms with van der Waals surface area (Å²) in [4.78, 5) is 6.28. The number of H-pyrrole nitrogens is 1. The summed E-state index contributed by atoms with van der Waals surface area (Å²) in [7, 11) is 108. The Kier molecular flexibility index (Phi) is 22.4. The molecule has 2 aromatic heterocycles. The lowest BCUT2D eigenvalue weighted by molar-refractivity contribution is 0.127. The molecule has 2 aliphatic rings. The lowest BCUT2D eigenvalue weighted by Crippen LogP contribution is -2.89. The van der Waals surface area contributed by atoms with Gasteiger partial charge in [-0.25, -0.2) is 9.07 Å². The van der Waals surface area contributed by atoms with Crippen LogP contribution in [0.2, 0.25) is 0 Å². The highest BCUT2D eigenvalue weighted by Gasteiger charge is 2.54. The summed E-state index contributed by atoms with van der Waals surface area (Å²) in [6.07, 6.45) is -9.41. The molecule has 0 saturated carbocycles. The van der Waals surface area contributed by atoms with Gasteiger partial charge in [0.25, 0.3) is 0 Å². The molecule has 1 N–H and O–H groups in total. The van der Waals surface area contributed by atoms with Gasteiger partial charge in [0.05, 0.1) is 25.9 Å². The molecule has 41 heteroatoms. The Balaban J connectivity index is 0.000000240. The molecule has 0 bridgehead atoms. The molecule has 7 nitrogen and oxygen atoms in total. The van der Waals surface area contributed by atoms with Crippen molar-refractivity contribution in [1.29, 1.82) is 0 Å². The zero-order chi connectivity index (χ0) is 56.9. The zero-order valence-electron chi connectivity index (χ0n) is 44.2. The fraction of sp³-hybridized carbons (Fsp3) is 0.216. The van der Waals surface area contributed by atoms with Crippen LogP contribution in [-0.4, -0.2) is 275 Å². The van der Waals surface area contributed by atoms with E-state index in [1.807, 2.05) is 47.3 Å². The predicted octanol–water partition coefficient (Wildman–Crippen LogP) is -5.23. The normalized spacial score (nSPS) is 14.0. The highest BCUT2D eigenvalue weighted by Crippen LogP contribution is 2.50. The number of nitrogens with zero attached hydrogens (tertiary/aromatic N) is 3. The number of nitrogens with one attached hydrogen (secondary N) is 1. The average molecular weight is 957 g/mol. The molecule has 4 heterocycles. The third-order valence-corrected chi connectivity index (χ3v) is 15.7. The van der Waals surface area contributed by atoms with Crippen LogP contribution in [0.5, 0.6) is 17.2 Å². The number of hydrogen-bond acceptors (Lipinski definition) is 5. The van der Waals surface area contributed by atoms with Crippen molar-refractivity contribution >= 4 is 245 Å². The number of aromatic amines is 1. The van der Waals surface area contributed by atoms with Crippen LogP contribution in [-0.2, 0) is 19.4 Å². The number of methoxy groups -OCH3 is 2. The molecule has 2 unspecified atom stereocenters. The van der Waals surface area contributed by atoms with E-state index in [1.165, 1.54) is 23.8 Å². The van der Waals surface area contributed by atoms with E-state index in [2.05, 4.69) is 51.4 Å². The Bertz CT molecular complexity index is 2810. The Morgan fingerprint density at radius 1 is 0.654 bits per heavy atom. The Labute approximate surface area is 492 Å². The van der Waals surface area contributed by atoms with Crippen LogP contribution in [0.25, 0.3) is 16.6 Å². The van der Waals surface area contributed by atoms with Gasteiger partial charge in [0.2, 0.25) is 0 Å². The molecule has 0 fully saturated rings. The first-order valence-corrected chi connectivity index (χ1v) is 25.9. The average Bonchev–Trinajstić information content (AvgIpc) is 4.26. The van der Waals surface area contributed by atoms with Crippen LogP contribution >= 0.6 is 0 Å². The lowest BCUT2D eigenvalue weighted by Gasteiger charge is -2.51. The van der Waals surface area contributed by atoms with E-state index >= 15 is 0 Å².